The third-order valence-corrected chi connectivity index (χ3v) is 10.5. The van der Waals surface area contributed by atoms with Gasteiger partial charge in [0, 0.05) is 17.1 Å². The van der Waals surface area contributed by atoms with Gasteiger partial charge < -0.3 is 0 Å². The van der Waals surface area contributed by atoms with Crippen LogP contribution in [0.2, 0.25) is 0 Å². The van der Waals surface area contributed by atoms with Gasteiger partial charge in [-0.15, -0.1) is 10.3 Å². The van der Waals surface area contributed by atoms with Crippen molar-refractivity contribution in [2.24, 2.45) is 0 Å². The molecule has 0 fully saturated rings. The highest BCUT2D eigenvalue weighted by Crippen LogP contribution is 2.59. The van der Waals surface area contributed by atoms with E-state index in [1.807, 2.05) is 0 Å². The number of unbranched alkanes of at least 4 members (excludes halogenated alkanes) is 2. The molecule has 0 N–H and O–H groups in total. The molecule has 0 saturated carbocycles. The second-order valence-corrected chi connectivity index (χ2v) is 12.7. The number of ketones is 1. The van der Waals surface area contributed by atoms with Crippen LogP contribution in [0.5, 0.6) is 0 Å². The Bertz CT molecular complexity index is 941. The van der Waals surface area contributed by atoms with Crippen LogP contribution in [0.4, 0.5) is 39.5 Å². The molecule has 1 aromatic rings. The Morgan fingerprint density at radius 1 is 0.800 bits per heavy atom. The van der Waals surface area contributed by atoms with E-state index in [-0.39, 0.29) is 29.9 Å². The van der Waals surface area contributed by atoms with E-state index in [2.05, 4.69) is 3.63 Å². The fourth-order valence-corrected chi connectivity index (χ4v) is 8.66. The van der Waals surface area contributed by atoms with Crippen molar-refractivity contribution in [3.05, 3.63) is 35.9 Å². The van der Waals surface area contributed by atoms with Crippen molar-refractivity contribution in [3.8, 4) is 0 Å². The number of alkyl halides is 9. The van der Waals surface area contributed by atoms with E-state index in [0.717, 1.165) is 0 Å². The lowest BCUT2D eigenvalue weighted by molar-refractivity contribution is -0.382. The first-order valence-corrected chi connectivity index (χ1v) is 13.8. The zero-order chi connectivity index (χ0) is 27.3. The highest BCUT2D eigenvalue weighted by molar-refractivity contribution is 8.33. The number of Topliss-reactive ketones (excluding diaryl/α,β-unsaturated/α-hetero) is 1. The van der Waals surface area contributed by atoms with E-state index in [0.29, 0.717) is 12.8 Å². The minimum Gasteiger partial charge on any atom is -0.293 e. The van der Waals surface area contributed by atoms with E-state index < -0.39 is 55.2 Å². The second kappa shape index (κ2) is 11.3. The predicted octanol–water partition coefficient (Wildman–Crippen LogP) is 6.96. The molecule has 35 heavy (non-hydrogen) atoms. The van der Waals surface area contributed by atoms with E-state index in [1.165, 1.54) is 30.3 Å². The number of carbonyl (C=O) groups is 1. The Hall–Kier alpha value is -1.48. The largest absolute Gasteiger partial charge is 0.460 e. The molecule has 0 aromatic heterocycles. The Morgan fingerprint density at radius 3 is 1.66 bits per heavy atom. The third-order valence-electron chi connectivity index (χ3n) is 4.89. The highest BCUT2D eigenvalue weighted by Gasteiger charge is 2.86. The number of rotatable bonds is 14. The Kier molecular flexibility index (Phi) is 10.2. The van der Waals surface area contributed by atoms with Gasteiger partial charge in [0.15, 0.2) is 5.78 Å². The van der Waals surface area contributed by atoms with Crippen LogP contribution in [0.15, 0.2) is 30.3 Å². The van der Waals surface area contributed by atoms with Gasteiger partial charge in [-0.1, -0.05) is 57.0 Å². The van der Waals surface area contributed by atoms with Crippen molar-refractivity contribution >= 4 is 26.2 Å². The highest BCUT2D eigenvalue weighted by atomic mass is 32.3. The van der Waals surface area contributed by atoms with Crippen LogP contribution in [0.25, 0.3) is 0 Å². The molecule has 0 aliphatic carbocycles. The molecular formula is C20H25F9O4S2. The number of hydrogen-bond acceptors (Lipinski definition) is 4. The Morgan fingerprint density at radius 2 is 1.26 bits per heavy atom. The molecule has 0 heterocycles. The molecule has 0 saturated heterocycles. The maximum Gasteiger partial charge on any atom is 0.460 e. The number of hydrogen-bond donors (Lipinski definition) is 0. The zero-order valence-electron chi connectivity index (χ0n) is 18.7. The quantitative estimate of drug-likeness (QED) is 0.181. The van der Waals surface area contributed by atoms with Crippen molar-refractivity contribution in [1.82, 2.24) is 0 Å². The van der Waals surface area contributed by atoms with Gasteiger partial charge in [0.1, 0.15) is 0 Å². The van der Waals surface area contributed by atoms with Crippen molar-refractivity contribution < 1.29 is 56.4 Å². The number of benzene rings is 1. The molecule has 0 spiro atoms. The minimum absolute atomic E-state index is 0.0130. The van der Waals surface area contributed by atoms with Crippen LogP contribution in [0, 0.1) is 0 Å². The van der Waals surface area contributed by atoms with E-state index in [1.54, 1.807) is 13.8 Å². The number of carbonyl (C=O) groups excluding carboxylic acids is 1. The lowest BCUT2D eigenvalue weighted by atomic mass is 10.1. The summed E-state index contributed by atoms with van der Waals surface area (Å²) < 4.78 is 149. The molecule has 0 aliphatic heterocycles. The average molecular weight is 565 g/mol. The molecule has 15 heteroatoms. The lowest BCUT2D eigenvalue weighted by Crippen LogP contribution is -2.63. The third kappa shape index (κ3) is 6.64. The summed E-state index contributed by atoms with van der Waals surface area (Å²) in [4.78, 5) is 12.8. The maximum absolute atomic E-state index is 14.3. The Labute approximate surface area is 198 Å². The van der Waals surface area contributed by atoms with E-state index in [9.17, 15) is 52.7 Å². The summed E-state index contributed by atoms with van der Waals surface area (Å²) in [5, 5.41) is -6.97. The van der Waals surface area contributed by atoms with Gasteiger partial charge in [-0.05, 0) is 12.8 Å². The first-order chi connectivity index (χ1) is 15.8. The van der Waals surface area contributed by atoms with Crippen LogP contribution in [-0.2, 0) is 13.7 Å². The van der Waals surface area contributed by atoms with Gasteiger partial charge in [-0.2, -0.15) is 47.9 Å². The minimum atomic E-state index is -7.40. The average Bonchev–Trinajstić information content (AvgIpc) is 2.75. The van der Waals surface area contributed by atoms with E-state index in [4.69, 9.17) is 0 Å². The van der Waals surface area contributed by atoms with Gasteiger partial charge >= 0.3 is 33.4 Å². The molecule has 0 bridgehead atoms. The van der Waals surface area contributed by atoms with Crippen LogP contribution >= 0.6 is 10.3 Å². The molecule has 1 aromatic carbocycles. The standard InChI is InChI=1S/C20H25F9O4S2/c1-3-5-12-34(13-6-4-2,14-16(30)15-10-8-7-9-11-15)33-35(31,32)20(28,29)18(23,24)17(21,22)19(25,26)27/h7-11H,3-6,12-14H2,1-2H3. The van der Waals surface area contributed by atoms with Gasteiger partial charge in [-0.3, -0.25) is 4.79 Å². The monoisotopic (exact) mass is 564 g/mol. The van der Waals surface area contributed by atoms with Crippen LogP contribution in [0.1, 0.15) is 49.9 Å². The molecule has 1 rings (SSSR count). The van der Waals surface area contributed by atoms with Gasteiger partial charge in [-0.25, -0.2) is 3.63 Å². The summed E-state index contributed by atoms with van der Waals surface area (Å²) in [5.74, 6) is -17.2. The summed E-state index contributed by atoms with van der Waals surface area (Å²) >= 11 is 0. The first-order valence-electron chi connectivity index (χ1n) is 10.3. The van der Waals surface area contributed by atoms with E-state index >= 15 is 0 Å². The molecule has 0 radical (unpaired) electrons. The molecule has 4 nitrogen and oxygen atoms in total. The van der Waals surface area contributed by atoms with Gasteiger partial charge in [0.2, 0.25) is 0 Å². The summed E-state index contributed by atoms with van der Waals surface area (Å²) in [6.45, 7) is 3.20. The van der Waals surface area contributed by atoms with Gasteiger partial charge in [0.25, 0.3) is 0 Å². The summed E-state index contributed by atoms with van der Waals surface area (Å²) in [5.41, 5.74) is 0.0130. The molecule has 0 amide bonds. The smallest absolute Gasteiger partial charge is 0.293 e. The van der Waals surface area contributed by atoms with Crippen molar-refractivity contribution in [3.63, 3.8) is 0 Å². The summed E-state index contributed by atoms with van der Waals surface area (Å²) in [6, 6.07) is 7.04. The molecule has 0 atom stereocenters. The zero-order valence-corrected chi connectivity index (χ0v) is 20.3. The van der Waals surface area contributed by atoms with Crippen LogP contribution < -0.4 is 0 Å². The van der Waals surface area contributed by atoms with Crippen molar-refractivity contribution in [2.75, 3.05) is 17.3 Å². The van der Waals surface area contributed by atoms with Crippen molar-refractivity contribution in [2.45, 2.75) is 62.8 Å². The fourth-order valence-electron chi connectivity index (χ4n) is 2.85. The SMILES string of the molecule is CCCCS(CCCC)(CC(=O)c1ccccc1)OS(=O)(=O)C(F)(F)C(F)(F)C(F)(F)C(F)(F)F. The van der Waals surface area contributed by atoms with Crippen LogP contribution in [0.3, 0.4) is 0 Å². The molecular weight excluding hydrogens is 539 g/mol. The summed E-state index contributed by atoms with van der Waals surface area (Å²) in [6.07, 6.45) is -6.38. The lowest BCUT2D eigenvalue weighted by Gasteiger charge is -2.40. The Balaban J connectivity index is 3.56. The fraction of sp³-hybridized carbons (Fsp3) is 0.650. The topological polar surface area (TPSA) is 60.4 Å². The summed E-state index contributed by atoms with van der Waals surface area (Å²) in [7, 11) is -10.6. The van der Waals surface area contributed by atoms with Crippen molar-refractivity contribution in [1.29, 1.82) is 0 Å². The predicted molar refractivity (Wildman–Crippen MR) is 114 cm³/mol. The molecule has 0 aliphatic rings. The number of halogens is 9. The van der Waals surface area contributed by atoms with Crippen LogP contribution in [-0.4, -0.2) is 54.7 Å². The van der Waals surface area contributed by atoms with Gasteiger partial charge in [0.05, 0.1) is 5.75 Å². The molecule has 204 valence electrons. The maximum atomic E-state index is 14.3. The first kappa shape index (κ1) is 31.5. The second-order valence-electron chi connectivity index (χ2n) is 7.70. The normalized spacial score (nSPS) is 14.7. The molecule has 0 unspecified atom stereocenters.